The Hall–Kier alpha value is -4.33. The number of rotatable bonds is 13. The topological polar surface area (TPSA) is 98.2 Å². The van der Waals surface area contributed by atoms with E-state index >= 15 is 0 Å². The average molecular weight is 559 g/mol. The predicted molar refractivity (Wildman–Crippen MR) is 157 cm³/mol. The molecular formula is C33H38N2O6. The molecule has 1 saturated heterocycles. The SMILES string of the molecule is CCCCOc1cccc(C(O)=C2C(=O)C(=O)N(Cc3cccnc3)C2c2ccc(OCCC(C)C)c(OC)c2)c1. The Bertz CT molecular complexity index is 1390. The first-order valence-electron chi connectivity index (χ1n) is 14.0. The molecule has 1 aliphatic heterocycles. The molecule has 1 N–H and O–H groups in total. The minimum atomic E-state index is -0.863. The lowest BCUT2D eigenvalue weighted by Gasteiger charge is -2.26. The van der Waals surface area contributed by atoms with Crippen molar-refractivity contribution < 1.29 is 28.9 Å². The summed E-state index contributed by atoms with van der Waals surface area (Å²) in [5, 5.41) is 11.5. The minimum absolute atomic E-state index is 0.000118. The molecule has 1 aliphatic rings. The highest BCUT2D eigenvalue weighted by atomic mass is 16.5. The lowest BCUT2D eigenvalue weighted by atomic mass is 9.94. The van der Waals surface area contributed by atoms with Crippen molar-refractivity contribution in [3.63, 3.8) is 0 Å². The van der Waals surface area contributed by atoms with E-state index in [9.17, 15) is 14.7 Å². The number of Topliss-reactive ketones (excluding diaryl/α,β-unsaturated/α-hetero) is 1. The fourth-order valence-corrected chi connectivity index (χ4v) is 4.68. The summed E-state index contributed by atoms with van der Waals surface area (Å²) < 4.78 is 17.4. The number of aromatic nitrogens is 1. The lowest BCUT2D eigenvalue weighted by Crippen LogP contribution is -2.29. The van der Waals surface area contributed by atoms with Crippen LogP contribution in [0.2, 0.25) is 0 Å². The van der Waals surface area contributed by atoms with Crippen molar-refractivity contribution in [1.29, 1.82) is 0 Å². The van der Waals surface area contributed by atoms with Crippen LogP contribution in [0.3, 0.4) is 0 Å². The zero-order valence-electron chi connectivity index (χ0n) is 24.1. The molecule has 0 saturated carbocycles. The van der Waals surface area contributed by atoms with E-state index in [0.717, 1.165) is 24.8 Å². The summed E-state index contributed by atoms with van der Waals surface area (Å²) in [7, 11) is 1.55. The van der Waals surface area contributed by atoms with Gasteiger partial charge in [-0.25, -0.2) is 0 Å². The van der Waals surface area contributed by atoms with Gasteiger partial charge in [0.2, 0.25) is 0 Å². The first-order chi connectivity index (χ1) is 19.8. The molecule has 8 heteroatoms. The number of hydrogen-bond acceptors (Lipinski definition) is 7. The minimum Gasteiger partial charge on any atom is -0.507 e. The third kappa shape index (κ3) is 7.06. The zero-order chi connectivity index (χ0) is 29.4. The predicted octanol–water partition coefficient (Wildman–Crippen LogP) is 6.32. The van der Waals surface area contributed by atoms with E-state index in [4.69, 9.17) is 14.2 Å². The maximum atomic E-state index is 13.5. The Kier molecular flexibility index (Phi) is 10.0. The van der Waals surface area contributed by atoms with Crippen molar-refractivity contribution in [3.05, 3.63) is 89.3 Å². The number of benzene rings is 2. The quantitative estimate of drug-likeness (QED) is 0.114. The standard InChI is InChI=1S/C33H38N2O6/c1-5-6-16-40-26-11-7-10-25(18-26)31(36)29-30(35(33(38)32(29)37)21-23-9-8-15-34-20-23)24-12-13-27(28(19-24)39-4)41-17-14-22(2)3/h7-13,15,18-20,22,30,36H,5-6,14,16-17,21H2,1-4H3. The maximum Gasteiger partial charge on any atom is 0.295 e. The third-order valence-electron chi connectivity index (χ3n) is 6.95. The number of carbonyl (C=O) groups excluding carboxylic acids is 2. The Morgan fingerprint density at radius 3 is 2.56 bits per heavy atom. The van der Waals surface area contributed by atoms with Crippen molar-refractivity contribution in [2.45, 2.75) is 52.6 Å². The van der Waals surface area contributed by atoms with Crippen LogP contribution in [0.4, 0.5) is 0 Å². The molecule has 41 heavy (non-hydrogen) atoms. The zero-order valence-corrected chi connectivity index (χ0v) is 24.1. The Morgan fingerprint density at radius 2 is 1.85 bits per heavy atom. The number of likely N-dealkylation sites (tertiary alicyclic amines) is 1. The van der Waals surface area contributed by atoms with Crippen molar-refractivity contribution >= 4 is 17.4 Å². The van der Waals surface area contributed by atoms with Crippen LogP contribution in [0.25, 0.3) is 5.76 Å². The lowest BCUT2D eigenvalue weighted by molar-refractivity contribution is -0.140. The van der Waals surface area contributed by atoms with Crippen LogP contribution in [0, 0.1) is 5.92 Å². The Morgan fingerprint density at radius 1 is 1.02 bits per heavy atom. The van der Waals surface area contributed by atoms with Gasteiger partial charge in [0.1, 0.15) is 11.5 Å². The van der Waals surface area contributed by atoms with E-state index in [2.05, 4.69) is 25.8 Å². The van der Waals surface area contributed by atoms with Gasteiger partial charge in [-0.1, -0.05) is 51.5 Å². The Labute approximate surface area is 241 Å². The molecule has 3 aromatic rings. The molecule has 0 aliphatic carbocycles. The number of ether oxygens (including phenoxy) is 3. The van der Waals surface area contributed by atoms with E-state index in [0.29, 0.717) is 47.5 Å². The van der Waals surface area contributed by atoms with Gasteiger partial charge in [-0.05, 0) is 60.2 Å². The number of hydrogen-bond donors (Lipinski definition) is 1. The van der Waals surface area contributed by atoms with Crippen LogP contribution in [0.15, 0.2) is 72.6 Å². The van der Waals surface area contributed by atoms with E-state index in [1.807, 2.05) is 6.07 Å². The second-order valence-electron chi connectivity index (χ2n) is 10.5. The molecule has 8 nitrogen and oxygen atoms in total. The van der Waals surface area contributed by atoms with E-state index in [1.165, 1.54) is 4.90 Å². The highest BCUT2D eigenvalue weighted by molar-refractivity contribution is 6.46. The number of amides is 1. The first kappa shape index (κ1) is 29.6. The number of ketones is 1. The van der Waals surface area contributed by atoms with Gasteiger partial charge in [0.15, 0.2) is 11.5 Å². The van der Waals surface area contributed by atoms with Crippen LogP contribution in [0.1, 0.15) is 62.8 Å². The molecule has 0 radical (unpaired) electrons. The summed E-state index contributed by atoms with van der Waals surface area (Å²) in [4.78, 5) is 32.6. The number of pyridine rings is 1. The monoisotopic (exact) mass is 558 g/mol. The van der Waals surface area contributed by atoms with Crippen LogP contribution in [-0.2, 0) is 16.1 Å². The summed E-state index contributed by atoms with van der Waals surface area (Å²) in [6, 6.07) is 15.0. The molecule has 4 rings (SSSR count). The number of aliphatic hydroxyl groups is 1. The van der Waals surface area contributed by atoms with Crippen LogP contribution >= 0.6 is 0 Å². The van der Waals surface area contributed by atoms with E-state index in [1.54, 1.807) is 68.0 Å². The van der Waals surface area contributed by atoms with Gasteiger partial charge in [-0.2, -0.15) is 0 Å². The summed E-state index contributed by atoms with van der Waals surface area (Å²) in [6.45, 7) is 7.54. The largest absolute Gasteiger partial charge is 0.507 e. The molecule has 1 atom stereocenters. The van der Waals surface area contributed by atoms with Gasteiger partial charge in [0.25, 0.3) is 11.7 Å². The second kappa shape index (κ2) is 13.8. The molecule has 0 bridgehead atoms. The smallest absolute Gasteiger partial charge is 0.295 e. The summed E-state index contributed by atoms with van der Waals surface area (Å²) in [5.41, 5.74) is 1.76. The molecule has 1 aromatic heterocycles. The molecule has 2 heterocycles. The highest BCUT2D eigenvalue weighted by Crippen LogP contribution is 2.43. The molecule has 2 aromatic carbocycles. The van der Waals surface area contributed by atoms with Gasteiger partial charge in [-0.15, -0.1) is 0 Å². The maximum absolute atomic E-state index is 13.5. The van der Waals surface area contributed by atoms with Gasteiger partial charge >= 0.3 is 0 Å². The summed E-state index contributed by atoms with van der Waals surface area (Å²) in [6.07, 6.45) is 6.07. The fourth-order valence-electron chi connectivity index (χ4n) is 4.68. The number of aliphatic hydroxyl groups excluding tert-OH is 1. The van der Waals surface area contributed by atoms with Crippen molar-refractivity contribution in [2.24, 2.45) is 5.92 Å². The molecular weight excluding hydrogens is 520 g/mol. The van der Waals surface area contributed by atoms with Gasteiger partial charge in [0.05, 0.1) is 31.9 Å². The number of nitrogens with zero attached hydrogens (tertiary/aromatic N) is 2. The third-order valence-corrected chi connectivity index (χ3v) is 6.95. The van der Waals surface area contributed by atoms with Crippen molar-refractivity contribution in [1.82, 2.24) is 9.88 Å². The van der Waals surface area contributed by atoms with Gasteiger partial charge < -0.3 is 24.2 Å². The summed E-state index contributed by atoms with van der Waals surface area (Å²) in [5.74, 6) is 0.384. The normalized spacial score (nSPS) is 16.3. The first-order valence-corrected chi connectivity index (χ1v) is 14.0. The van der Waals surface area contributed by atoms with Crippen LogP contribution in [0.5, 0.6) is 17.2 Å². The molecule has 0 spiro atoms. The summed E-state index contributed by atoms with van der Waals surface area (Å²) >= 11 is 0. The van der Waals surface area contributed by atoms with E-state index < -0.39 is 17.7 Å². The van der Waals surface area contributed by atoms with Gasteiger partial charge in [0, 0.05) is 24.5 Å². The number of unbranched alkanes of at least 4 members (excludes halogenated alkanes) is 1. The van der Waals surface area contributed by atoms with Crippen LogP contribution in [-0.4, -0.2) is 47.0 Å². The van der Waals surface area contributed by atoms with Crippen LogP contribution < -0.4 is 14.2 Å². The second-order valence-corrected chi connectivity index (χ2v) is 10.5. The number of carbonyl (C=O) groups is 2. The highest BCUT2D eigenvalue weighted by Gasteiger charge is 2.46. The molecule has 1 unspecified atom stereocenters. The molecule has 1 fully saturated rings. The Balaban J connectivity index is 1.78. The fraction of sp³-hybridized carbons (Fsp3) is 0.364. The van der Waals surface area contributed by atoms with Crippen molar-refractivity contribution in [3.8, 4) is 17.2 Å². The number of methoxy groups -OCH3 is 1. The van der Waals surface area contributed by atoms with E-state index in [-0.39, 0.29) is 17.9 Å². The van der Waals surface area contributed by atoms with Gasteiger partial charge in [-0.3, -0.25) is 14.6 Å². The van der Waals surface area contributed by atoms with Crippen molar-refractivity contribution in [2.75, 3.05) is 20.3 Å². The molecule has 1 amide bonds. The molecule has 216 valence electrons. The average Bonchev–Trinajstić information content (AvgIpc) is 3.22.